The molecule has 0 amide bonds. The van der Waals surface area contributed by atoms with Crippen LogP contribution in [-0.2, 0) is 13.0 Å². The Bertz CT molecular complexity index is 432. The molecule has 0 aromatic carbocycles. The van der Waals surface area contributed by atoms with E-state index in [4.69, 9.17) is 10.3 Å². The van der Waals surface area contributed by atoms with Gasteiger partial charge in [-0.05, 0) is 19.1 Å². The summed E-state index contributed by atoms with van der Waals surface area (Å²) in [7, 11) is 0. The summed E-state index contributed by atoms with van der Waals surface area (Å²) >= 11 is 0. The van der Waals surface area contributed by atoms with Gasteiger partial charge in [-0.2, -0.15) is 4.98 Å². The first kappa shape index (κ1) is 9.92. The maximum atomic E-state index is 5.41. The van der Waals surface area contributed by atoms with E-state index in [1.54, 1.807) is 0 Å². The van der Waals surface area contributed by atoms with Crippen LogP contribution in [0.4, 0.5) is 0 Å². The summed E-state index contributed by atoms with van der Waals surface area (Å²) < 4.78 is 7.14. The Morgan fingerprint density at radius 3 is 3.13 bits per heavy atom. The lowest BCUT2D eigenvalue weighted by Crippen LogP contribution is -2.02. The minimum Gasteiger partial charge on any atom is -0.345 e. The molecule has 5 heteroatoms. The number of hydrogen-bond acceptors (Lipinski definition) is 4. The highest BCUT2D eigenvalue weighted by atomic mass is 16.5. The van der Waals surface area contributed by atoms with E-state index in [9.17, 15) is 0 Å². The van der Waals surface area contributed by atoms with Crippen molar-refractivity contribution in [2.75, 3.05) is 6.54 Å². The van der Waals surface area contributed by atoms with E-state index in [1.165, 1.54) is 0 Å². The molecule has 0 fully saturated rings. The van der Waals surface area contributed by atoms with Crippen molar-refractivity contribution in [2.45, 2.75) is 19.9 Å². The molecule has 0 aliphatic heterocycles. The molecule has 2 aromatic heterocycles. The fourth-order valence-electron chi connectivity index (χ4n) is 1.48. The summed E-state index contributed by atoms with van der Waals surface area (Å²) in [6, 6.07) is 3.94. The topological polar surface area (TPSA) is 69.9 Å². The van der Waals surface area contributed by atoms with Crippen molar-refractivity contribution in [3.63, 3.8) is 0 Å². The van der Waals surface area contributed by atoms with Gasteiger partial charge in [0.05, 0.1) is 5.69 Å². The minimum atomic E-state index is 0.524. The van der Waals surface area contributed by atoms with Crippen LogP contribution in [0.2, 0.25) is 0 Å². The van der Waals surface area contributed by atoms with Gasteiger partial charge < -0.3 is 14.8 Å². The molecule has 80 valence electrons. The molecule has 0 saturated carbocycles. The van der Waals surface area contributed by atoms with Gasteiger partial charge in [-0.15, -0.1) is 0 Å². The van der Waals surface area contributed by atoms with Gasteiger partial charge in [0.2, 0.25) is 11.7 Å². The van der Waals surface area contributed by atoms with E-state index in [-0.39, 0.29) is 0 Å². The van der Waals surface area contributed by atoms with Crippen LogP contribution < -0.4 is 5.73 Å². The van der Waals surface area contributed by atoms with Crippen molar-refractivity contribution in [1.29, 1.82) is 0 Å². The number of rotatable bonds is 4. The fourth-order valence-corrected chi connectivity index (χ4v) is 1.48. The Balaban J connectivity index is 2.28. The van der Waals surface area contributed by atoms with Crippen LogP contribution in [0.15, 0.2) is 22.9 Å². The third-order valence-electron chi connectivity index (χ3n) is 2.23. The highest BCUT2D eigenvalue weighted by Crippen LogP contribution is 2.16. The van der Waals surface area contributed by atoms with Gasteiger partial charge >= 0.3 is 0 Å². The molecule has 2 aromatic rings. The number of hydrogen-bond donors (Lipinski definition) is 1. The molecule has 0 saturated heterocycles. The summed E-state index contributed by atoms with van der Waals surface area (Å²) in [5.74, 6) is 1.22. The van der Waals surface area contributed by atoms with Gasteiger partial charge in [0.15, 0.2) is 0 Å². The van der Waals surface area contributed by atoms with E-state index in [2.05, 4.69) is 21.6 Å². The van der Waals surface area contributed by atoms with Crippen molar-refractivity contribution in [3.8, 4) is 11.5 Å². The second-order valence-electron chi connectivity index (χ2n) is 3.23. The first-order valence-electron chi connectivity index (χ1n) is 5.03. The first-order chi connectivity index (χ1) is 7.35. The Kier molecular flexibility index (Phi) is 2.82. The Hall–Kier alpha value is -1.62. The third kappa shape index (κ3) is 1.92. The Morgan fingerprint density at radius 1 is 1.53 bits per heavy atom. The molecular weight excluding hydrogens is 192 g/mol. The molecule has 0 aliphatic carbocycles. The molecule has 2 rings (SSSR count). The monoisotopic (exact) mass is 206 g/mol. The van der Waals surface area contributed by atoms with Crippen molar-refractivity contribution in [2.24, 2.45) is 5.73 Å². The molecule has 15 heavy (non-hydrogen) atoms. The smallest absolute Gasteiger partial charge is 0.228 e. The van der Waals surface area contributed by atoms with E-state index in [1.807, 2.05) is 18.3 Å². The zero-order valence-electron chi connectivity index (χ0n) is 8.68. The predicted molar refractivity (Wildman–Crippen MR) is 56.2 cm³/mol. The van der Waals surface area contributed by atoms with E-state index < -0.39 is 0 Å². The number of nitrogens with two attached hydrogens (primary N) is 1. The molecule has 2 N–H and O–H groups in total. The molecule has 5 nitrogen and oxygen atoms in total. The van der Waals surface area contributed by atoms with Gasteiger partial charge in [0, 0.05) is 25.7 Å². The number of aromatic nitrogens is 3. The molecule has 0 aliphatic rings. The van der Waals surface area contributed by atoms with E-state index in [0.29, 0.717) is 24.7 Å². The lowest BCUT2D eigenvalue weighted by atomic mass is 10.4. The van der Waals surface area contributed by atoms with Crippen LogP contribution >= 0.6 is 0 Å². The molecule has 2 heterocycles. The summed E-state index contributed by atoms with van der Waals surface area (Å²) in [6.07, 6.45) is 2.62. The Labute approximate surface area is 87.9 Å². The van der Waals surface area contributed by atoms with Gasteiger partial charge in [-0.3, -0.25) is 0 Å². The SMILES string of the molecule is CCn1cccc1-c1noc(CCN)n1. The zero-order chi connectivity index (χ0) is 10.7. The number of aryl methyl sites for hydroxylation is 1. The van der Waals surface area contributed by atoms with Gasteiger partial charge in [0.1, 0.15) is 0 Å². The summed E-state index contributed by atoms with van der Waals surface area (Å²) in [5.41, 5.74) is 6.39. The summed E-state index contributed by atoms with van der Waals surface area (Å²) in [4.78, 5) is 4.27. The quantitative estimate of drug-likeness (QED) is 0.812. The highest BCUT2D eigenvalue weighted by Gasteiger charge is 2.10. The predicted octanol–water partition coefficient (Wildman–Crippen LogP) is 1.06. The van der Waals surface area contributed by atoms with Gasteiger partial charge in [-0.25, -0.2) is 0 Å². The standard InChI is InChI=1S/C10H14N4O/c1-2-14-7-3-4-8(14)10-12-9(5-6-11)15-13-10/h3-4,7H,2,5-6,11H2,1H3. The Morgan fingerprint density at radius 2 is 2.40 bits per heavy atom. The molecule has 0 spiro atoms. The van der Waals surface area contributed by atoms with Crippen LogP contribution in [0, 0.1) is 0 Å². The lowest BCUT2D eigenvalue weighted by Gasteiger charge is -2.00. The van der Waals surface area contributed by atoms with Crippen LogP contribution in [0.3, 0.4) is 0 Å². The van der Waals surface area contributed by atoms with Crippen LogP contribution in [-0.4, -0.2) is 21.3 Å². The molecule has 0 atom stereocenters. The van der Waals surface area contributed by atoms with Crippen LogP contribution in [0.5, 0.6) is 0 Å². The maximum absolute atomic E-state index is 5.41. The van der Waals surface area contributed by atoms with Gasteiger partial charge in [0.25, 0.3) is 0 Å². The largest absolute Gasteiger partial charge is 0.345 e. The van der Waals surface area contributed by atoms with E-state index in [0.717, 1.165) is 12.2 Å². The molecule has 0 radical (unpaired) electrons. The lowest BCUT2D eigenvalue weighted by molar-refractivity contribution is 0.380. The van der Waals surface area contributed by atoms with Crippen LogP contribution in [0.25, 0.3) is 11.5 Å². The number of nitrogens with zero attached hydrogens (tertiary/aromatic N) is 3. The van der Waals surface area contributed by atoms with Crippen molar-refractivity contribution in [1.82, 2.24) is 14.7 Å². The normalized spacial score (nSPS) is 10.8. The zero-order valence-corrected chi connectivity index (χ0v) is 8.68. The first-order valence-corrected chi connectivity index (χ1v) is 5.03. The van der Waals surface area contributed by atoms with Gasteiger partial charge in [-0.1, -0.05) is 5.16 Å². The fraction of sp³-hybridized carbons (Fsp3) is 0.400. The summed E-state index contributed by atoms with van der Waals surface area (Å²) in [5, 5.41) is 3.92. The second kappa shape index (κ2) is 4.27. The minimum absolute atomic E-state index is 0.524. The van der Waals surface area contributed by atoms with E-state index >= 15 is 0 Å². The van der Waals surface area contributed by atoms with Crippen molar-refractivity contribution < 1.29 is 4.52 Å². The van der Waals surface area contributed by atoms with Crippen molar-refractivity contribution >= 4 is 0 Å². The maximum Gasteiger partial charge on any atom is 0.228 e. The summed E-state index contributed by atoms with van der Waals surface area (Å²) in [6.45, 7) is 3.49. The molecule has 0 unspecified atom stereocenters. The average Bonchev–Trinajstić information content (AvgIpc) is 2.84. The molecular formula is C10H14N4O. The molecule has 0 bridgehead atoms. The van der Waals surface area contributed by atoms with Crippen LogP contribution in [0.1, 0.15) is 12.8 Å². The highest BCUT2D eigenvalue weighted by molar-refractivity contribution is 5.49. The second-order valence-corrected chi connectivity index (χ2v) is 3.23. The average molecular weight is 206 g/mol. The van der Waals surface area contributed by atoms with Crippen molar-refractivity contribution in [3.05, 3.63) is 24.2 Å². The third-order valence-corrected chi connectivity index (χ3v) is 2.23.